The van der Waals surface area contributed by atoms with E-state index in [0.717, 1.165) is 37.7 Å². The van der Waals surface area contributed by atoms with Crippen molar-refractivity contribution in [1.29, 1.82) is 0 Å². The Morgan fingerprint density at radius 1 is 1.07 bits per heavy atom. The summed E-state index contributed by atoms with van der Waals surface area (Å²) in [5.74, 6) is -0.877. The van der Waals surface area contributed by atoms with Crippen LogP contribution >= 0.6 is 0 Å². The van der Waals surface area contributed by atoms with E-state index in [1.165, 1.54) is 0 Å². The average Bonchev–Trinajstić information content (AvgIpc) is 3.27. The molecule has 29 heavy (non-hydrogen) atoms. The number of hydrogen-bond acceptors (Lipinski definition) is 3. The molecular weight excluding hydrogens is 366 g/mol. The van der Waals surface area contributed by atoms with Gasteiger partial charge in [-0.1, -0.05) is 50.1 Å². The monoisotopic (exact) mass is 395 g/mol. The van der Waals surface area contributed by atoms with Crippen molar-refractivity contribution < 1.29 is 9.59 Å². The van der Waals surface area contributed by atoms with Crippen LogP contribution in [0.4, 0.5) is 0 Å². The molecule has 1 aromatic heterocycles. The van der Waals surface area contributed by atoms with E-state index >= 15 is 0 Å². The Balaban J connectivity index is 1.90. The molecule has 1 aliphatic rings. The molecule has 154 valence electrons. The summed E-state index contributed by atoms with van der Waals surface area (Å²) < 4.78 is 1.89. The van der Waals surface area contributed by atoms with Crippen molar-refractivity contribution in [2.45, 2.75) is 64.6 Å². The van der Waals surface area contributed by atoms with Crippen molar-refractivity contribution >= 4 is 11.8 Å². The van der Waals surface area contributed by atoms with Gasteiger partial charge in [0.15, 0.2) is 0 Å². The summed E-state index contributed by atoms with van der Waals surface area (Å²) in [5, 5.41) is 5.65. The average molecular weight is 396 g/mol. The van der Waals surface area contributed by atoms with Crippen LogP contribution in [0, 0.1) is 0 Å². The molecule has 6 nitrogen and oxygen atoms in total. The highest BCUT2D eigenvalue weighted by atomic mass is 16.2. The zero-order valence-electron chi connectivity index (χ0n) is 17.1. The second kappa shape index (κ2) is 9.54. The summed E-state index contributed by atoms with van der Waals surface area (Å²) in [6, 6.07) is 9.69. The number of carbonyl (C=O) groups excluding carboxylic acids is 2. The number of pyridine rings is 1. The van der Waals surface area contributed by atoms with Crippen LogP contribution in [0.2, 0.25) is 0 Å². The second-order valence-electron chi connectivity index (χ2n) is 7.75. The molecule has 1 aliphatic carbocycles. The molecule has 0 spiro atoms. The quantitative estimate of drug-likeness (QED) is 0.754. The zero-order chi connectivity index (χ0) is 20.8. The van der Waals surface area contributed by atoms with Crippen LogP contribution in [0.3, 0.4) is 0 Å². The molecule has 1 heterocycles. The summed E-state index contributed by atoms with van der Waals surface area (Å²) in [7, 11) is 0. The maximum Gasteiger partial charge on any atom is 0.257 e. The van der Waals surface area contributed by atoms with Crippen LogP contribution in [0.25, 0.3) is 0 Å². The Bertz CT molecular complexity index is 915. The number of benzene rings is 1. The Labute approximate surface area is 171 Å². The summed E-state index contributed by atoms with van der Waals surface area (Å²) in [5.41, 5.74) is 0.474. The predicted octanol–water partition coefficient (Wildman–Crippen LogP) is 3.42. The number of aromatic nitrogens is 1. The van der Waals surface area contributed by atoms with Gasteiger partial charge < -0.3 is 15.2 Å². The lowest BCUT2D eigenvalue weighted by Crippen LogP contribution is -2.38. The minimum Gasteiger partial charge on any atom is -0.349 e. The van der Waals surface area contributed by atoms with Gasteiger partial charge in [-0.05, 0) is 31.7 Å². The molecule has 1 fully saturated rings. The van der Waals surface area contributed by atoms with Gasteiger partial charge in [-0.25, -0.2) is 0 Å². The van der Waals surface area contributed by atoms with E-state index < -0.39 is 17.2 Å². The van der Waals surface area contributed by atoms with Crippen molar-refractivity contribution in [3.05, 3.63) is 69.6 Å². The lowest BCUT2D eigenvalue weighted by atomic mass is 10.1. The van der Waals surface area contributed by atoms with Crippen molar-refractivity contribution in [3.8, 4) is 0 Å². The van der Waals surface area contributed by atoms with Gasteiger partial charge >= 0.3 is 0 Å². The first kappa shape index (κ1) is 20.8. The Kier molecular flexibility index (Phi) is 6.86. The molecule has 2 N–H and O–H groups in total. The summed E-state index contributed by atoms with van der Waals surface area (Å²) in [6.07, 6.45) is 8.19. The topological polar surface area (TPSA) is 80.2 Å². The molecule has 1 atom stereocenters. The molecule has 0 unspecified atom stereocenters. The standard InChI is InChI=1S/C23H29N3O3/c1-3-16(2)25-23(29)20-15-26(18-11-7-8-12-18)14-19(21(20)27)22(28)24-13-17-9-5-4-6-10-17/h4-6,9-10,14-16,18H,3,7-8,11-13H2,1-2H3,(H,24,28)(H,25,29)/t16-/m1/s1. The molecule has 1 aromatic carbocycles. The van der Waals surface area contributed by atoms with E-state index in [-0.39, 0.29) is 23.2 Å². The SMILES string of the molecule is CC[C@@H](C)NC(=O)c1cn(C2CCCC2)cc(C(=O)NCc2ccccc2)c1=O. The van der Waals surface area contributed by atoms with Gasteiger partial charge in [-0.2, -0.15) is 0 Å². The van der Waals surface area contributed by atoms with Gasteiger partial charge in [0, 0.05) is 31.0 Å². The van der Waals surface area contributed by atoms with Gasteiger partial charge in [0.1, 0.15) is 11.1 Å². The molecule has 0 radical (unpaired) electrons. The van der Waals surface area contributed by atoms with E-state index in [4.69, 9.17) is 0 Å². The minimum absolute atomic E-state index is 0.0182. The molecule has 1 saturated carbocycles. The first-order valence-electron chi connectivity index (χ1n) is 10.4. The second-order valence-corrected chi connectivity index (χ2v) is 7.75. The minimum atomic E-state index is -0.523. The van der Waals surface area contributed by atoms with Crippen LogP contribution in [0.5, 0.6) is 0 Å². The first-order valence-corrected chi connectivity index (χ1v) is 10.4. The normalized spacial score (nSPS) is 15.1. The lowest BCUT2D eigenvalue weighted by molar-refractivity contribution is 0.0937. The molecule has 2 amide bonds. The predicted molar refractivity (Wildman–Crippen MR) is 113 cm³/mol. The molecule has 3 rings (SSSR count). The summed E-state index contributed by atoms with van der Waals surface area (Å²) >= 11 is 0. The molecule has 0 bridgehead atoms. The highest BCUT2D eigenvalue weighted by Gasteiger charge is 2.23. The largest absolute Gasteiger partial charge is 0.349 e. The summed E-state index contributed by atoms with van der Waals surface area (Å²) in [6.45, 7) is 4.19. The maximum absolute atomic E-state index is 13.0. The fraction of sp³-hybridized carbons (Fsp3) is 0.435. The van der Waals surface area contributed by atoms with Gasteiger partial charge in [-0.15, -0.1) is 0 Å². The van der Waals surface area contributed by atoms with Gasteiger partial charge in [0.2, 0.25) is 5.43 Å². The highest BCUT2D eigenvalue weighted by molar-refractivity contribution is 5.99. The number of carbonyl (C=O) groups is 2. The fourth-order valence-electron chi connectivity index (χ4n) is 3.61. The number of rotatable bonds is 7. The third kappa shape index (κ3) is 5.13. The number of hydrogen-bond donors (Lipinski definition) is 2. The van der Waals surface area contributed by atoms with Crippen molar-refractivity contribution in [2.24, 2.45) is 0 Å². The van der Waals surface area contributed by atoms with Crippen LogP contribution in [0.15, 0.2) is 47.5 Å². The van der Waals surface area contributed by atoms with E-state index in [2.05, 4.69) is 10.6 Å². The molecule has 0 saturated heterocycles. The Hall–Kier alpha value is -2.89. The zero-order valence-corrected chi connectivity index (χ0v) is 17.1. The van der Waals surface area contributed by atoms with E-state index in [0.29, 0.717) is 6.54 Å². The van der Waals surface area contributed by atoms with Gasteiger partial charge in [0.05, 0.1) is 0 Å². The highest BCUT2D eigenvalue weighted by Crippen LogP contribution is 2.29. The van der Waals surface area contributed by atoms with Crippen LogP contribution in [-0.4, -0.2) is 22.4 Å². The fourth-order valence-corrected chi connectivity index (χ4v) is 3.61. The van der Waals surface area contributed by atoms with Crippen LogP contribution in [0.1, 0.15) is 78.3 Å². The summed E-state index contributed by atoms with van der Waals surface area (Å²) in [4.78, 5) is 38.5. The van der Waals surface area contributed by atoms with Crippen molar-refractivity contribution in [2.75, 3.05) is 0 Å². The van der Waals surface area contributed by atoms with Crippen LogP contribution in [-0.2, 0) is 6.54 Å². The Morgan fingerprint density at radius 2 is 1.69 bits per heavy atom. The third-order valence-electron chi connectivity index (χ3n) is 5.57. The van der Waals surface area contributed by atoms with E-state index in [1.54, 1.807) is 12.4 Å². The third-order valence-corrected chi connectivity index (χ3v) is 5.57. The van der Waals surface area contributed by atoms with E-state index in [9.17, 15) is 14.4 Å². The number of amides is 2. The Morgan fingerprint density at radius 3 is 2.31 bits per heavy atom. The molecule has 0 aliphatic heterocycles. The lowest BCUT2D eigenvalue weighted by Gasteiger charge is -2.18. The molecular formula is C23H29N3O3. The van der Waals surface area contributed by atoms with Crippen molar-refractivity contribution in [1.82, 2.24) is 15.2 Å². The number of nitrogens with one attached hydrogen (secondary N) is 2. The molecule has 6 heteroatoms. The van der Waals surface area contributed by atoms with Gasteiger partial charge in [0.25, 0.3) is 11.8 Å². The van der Waals surface area contributed by atoms with Crippen LogP contribution < -0.4 is 16.1 Å². The van der Waals surface area contributed by atoms with E-state index in [1.807, 2.05) is 48.7 Å². The first-order chi connectivity index (χ1) is 14.0. The van der Waals surface area contributed by atoms with Crippen molar-refractivity contribution in [3.63, 3.8) is 0 Å². The maximum atomic E-state index is 13.0. The smallest absolute Gasteiger partial charge is 0.257 e. The molecule has 2 aromatic rings. The van der Waals surface area contributed by atoms with Gasteiger partial charge in [-0.3, -0.25) is 14.4 Å². The number of nitrogens with zero attached hydrogens (tertiary/aromatic N) is 1.